The summed E-state index contributed by atoms with van der Waals surface area (Å²) in [5.74, 6) is 0.664. The van der Waals surface area contributed by atoms with Crippen molar-refractivity contribution in [2.45, 2.75) is 12.8 Å². The molecular formula is C14H13N5O2S. The van der Waals surface area contributed by atoms with E-state index in [-0.39, 0.29) is 11.8 Å². The third-order valence-electron chi connectivity index (χ3n) is 3.06. The summed E-state index contributed by atoms with van der Waals surface area (Å²) in [6.07, 6.45) is 0. The average Bonchev–Trinajstić information content (AvgIpc) is 3.24. The molecule has 0 saturated heterocycles. The predicted molar refractivity (Wildman–Crippen MR) is 80.4 cm³/mol. The lowest BCUT2D eigenvalue weighted by molar-refractivity contribution is 0.0945. The number of rotatable bonds is 5. The lowest BCUT2D eigenvalue weighted by Gasteiger charge is -2.06. The van der Waals surface area contributed by atoms with Gasteiger partial charge in [0.2, 0.25) is 11.7 Å². The maximum absolute atomic E-state index is 11.8. The van der Waals surface area contributed by atoms with Crippen LogP contribution >= 0.6 is 11.5 Å². The van der Waals surface area contributed by atoms with Gasteiger partial charge in [0.1, 0.15) is 0 Å². The van der Waals surface area contributed by atoms with E-state index in [0.29, 0.717) is 24.0 Å². The van der Waals surface area contributed by atoms with Crippen molar-refractivity contribution in [1.82, 2.24) is 25.0 Å². The minimum Gasteiger partial charge on any atom is -0.350 e. The van der Waals surface area contributed by atoms with Crippen molar-refractivity contribution in [3.63, 3.8) is 0 Å². The number of nitrogens with one attached hydrogen (secondary N) is 1. The molecule has 22 heavy (non-hydrogen) atoms. The molecule has 1 N–H and O–H groups in total. The molecule has 1 atom stereocenters. The van der Waals surface area contributed by atoms with Gasteiger partial charge in [0.05, 0.1) is 5.92 Å². The van der Waals surface area contributed by atoms with Gasteiger partial charge in [0.15, 0.2) is 5.69 Å². The zero-order chi connectivity index (χ0) is 15.4. The fourth-order valence-electron chi connectivity index (χ4n) is 1.83. The summed E-state index contributed by atoms with van der Waals surface area (Å²) in [6.45, 7) is 2.29. The van der Waals surface area contributed by atoms with Gasteiger partial charge in [-0.3, -0.25) is 4.79 Å². The van der Waals surface area contributed by atoms with Crippen LogP contribution in [0.1, 0.15) is 29.2 Å². The fraction of sp³-hybridized carbons (Fsp3) is 0.214. The Bertz CT molecular complexity index is 742. The molecule has 1 unspecified atom stereocenters. The monoisotopic (exact) mass is 315 g/mol. The Morgan fingerprint density at radius 2 is 2.18 bits per heavy atom. The van der Waals surface area contributed by atoms with E-state index in [1.54, 1.807) is 5.38 Å². The zero-order valence-electron chi connectivity index (χ0n) is 11.8. The maximum Gasteiger partial charge on any atom is 0.272 e. The van der Waals surface area contributed by atoms with Crippen LogP contribution in [0.25, 0.3) is 11.4 Å². The number of hydrogen-bond donors (Lipinski definition) is 1. The molecule has 3 rings (SSSR count). The molecule has 3 aromatic rings. The molecule has 112 valence electrons. The number of carbonyl (C=O) groups excluding carboxylic acids is 1. The number of nitrogens with zero attached hydrogens (tertiary/aromatic N) is 4. The normalized spacial score (nSPS) is 12.0. The second-order valence-electron chi connectivity index (χ2n) is 4.72. The van der Waals surface area contributed by atoms with Gasteiger partial charge in [-0.2, -0.15) is 4.98 Å². The SMILES string of the molecule is CC(CNC(=O)c1csnn1)c1nc(-c2ccccc2)no1. The van der Waals surface area contributed by atoms with E-state index in [0.717, 1.165) is 17.1 Å². The first-order valence-electron chi connectivity index (χ1n) is 6.68. The predicted octanol–water partition coefficient (Wildman–Crippen LogP) is 2.12. The lowest BCUT2D eigenvalue weighted by Crippen LogP contribution is -2.27. The van der Waals surface area contributed by atoms with Gasteiger partial charge in [-0.15, -0.1) is 5.10 Å². The molecule has 0 bridgehead atoms. The molecule has 2 aromatic heterocycles. The van der Waals surface area contributed by atoms with Crippen molar-refractivity contribution in [1.29, 1.82) is 0 Å². The van der Waals surface area contributed by atoms with Gasteiger partial charge in [-0.05, 0) is 11.5 Å². The number of hydrogen-bond acceptors (Lipinski definition) is 7. The Hall–Kier alpha value is -2.61. The largest absolute Gasteiger partial charge is 0.350 e. The van der Waals surface area contributed by atoms with Crippen molar-refractivity contribution >= 4 is 17.4 Å². The smallest absolute Gasteiger partial charge is 0.272 e. The molecule has 0 aliphatic carbocycles. The van der Waals surface area contributed by atoms with Crippen LogP contribution in [0.3, 0.4) is 0 Å². The van der Waals surface area contributed by atoms with E-state index in [2.05, 4.69) is 25.0 Å². The molecule has 0 fully saturated rings. The van der Waals surface area contributed by atoms with Gasteiger partial charge in [0.25, 0.3) is 5.91 Å². The molecule has 0 aliphatic heterocycles. The Kier molecular flexibility index (Phi) is 4.19. The van der Waals surface area contributed by atoms with Crippen LogP contribution in [-0.4, -0.2) is 32.2 Å². The van der Waals surface area contributed by atoms with Crippen molar-refractivity contribution in [3.8, 4) is 11.4 Å². The summed E-state index contributed by atoms with van der Waals surface area (Å²) in [4.78, 5) is 16.2. The van der Waals surface area contributed by atoms with E-state index >= 15 is 0 Å². The van der Waals surface area contributed by atoms with Gasteiger partial charge >= 0.3 is 0 Å². The Morgan fingerprint density at radius 1 is 1.36 bits per heavy atom. The zero-order valence-corrected chi connectivity index (χ0v) is 12.6. The van der Waals surface area contributed by atoms with E-state index in [9.17, 15) is 4.79 Å². The van der Waals surface area contributed by atoms with Crippen LogP contribution in [-0.2, 0) is 0 Å². The maximum atomic E-state index is 11.8. The Morgan fingerprint density at radius 3 is 2.91 bits per heavy atom. The minimum atomic E-state index is -0.261. The number of aromatic nitrogens is 4. The minimum absolute atomic E-state index is 0.0968. The van der Waals surface area contributed by atoms with Crippen molar-refractivity contribution in [3.05, 3.63) is 47.3 Å². The highest BCUT2D eigenvalue weighted by Crippen LogP contribution is 2.19. The highest BCUT2D eigenvalue weighted by atomic mass is 32.1. The van der Waals surface area contributed by atoms with Crippen molar-refractivity contribution < 1.29 is 9.32 Å². The van der Waals surface area contributed by atoms with Gasteiger partial charge in [0, 0.05) is 17.5 Å². The molecule has 0 radical (unpaired) electrons. The number of carbonyl (C=O) groups is 1. The molecule has 0 spiro atoms. The molecule has 1 aromatic carbocycles. The molecule has 7 nitrogen and oxygen atoms in total. The first kappa shape index (κ1) is 14.3. The fourth-order valence-corrected chi connectivity index (χ4v) is 2.26. The van der Waals surface area contributed by atoms with Crippen LogP contribution in [0, 0.1) is 0 Å². The van der Waals surface area contributed by atoms with E-state index in [4.69, 9.17) is 4.52 Å². The molecule has 1 amide bonds. The highest BCUT2D eigenvalue weighted by molar-refractivity contribution is 7.03. The van der Waals surface area contributed by atoms with Gasteiger partial charge < -0.3 is 9.84 Å². The van der Waals surface area contributed by atoms with E-state index in [1.807, 2.05) is 37.3 Å². The van der Waals surface area contributed by atoms with Crippen LogP contribution < -0.4 is 5.32 Å². The van der Waals surface area contributed by atoms with Gasteiger partial charge in [-0.1, -0.05) is 46.9 Å². The Labute approximate surface area is 130 Å². The van der Waals surface area contributed by atoms with Gasteiger partial charge in [-0.25, -0.2) is 0 Å². The third-order valence-corrected chi connectivity index (χ3v) is 3.56. The molecule has 8 heteroatoms. The molecule has 0 aliphatic rings. The first-order valence-corrected chi connectivity index (χ1v) is 7.52. The average molecular weight is 315 g/mol. The molecule has 0 saturated carbocycles. The van der Waals surface area contributed by atoms with Crippen LogP contribution in [0.15, 0.2) is 40.2 Å². The quantitative estimate of drug-likeness (QED) is 0.775. The second kappa shape index (κ2) is 6.44. The summed E-state index contributed by atoms with van der Waals surface area (Å²) in [5.41, 5.74) is 1.20. The summed E-state index contributed by atoms with van der Waals surface area (Å²) < 4.78 is 8.92. The van der Waals surface area contributed by atoms with E-state index in [1.165, 1.54) is 0 Å². The Balaban J connectivity index is 1.62. The topological polar surface area (TPSA) is 93.8 Å². The number of amides is 1. The molecule has 2 heterocycles. The van der Waals surface area contributed by atoms with E-state index < -0.39 is 0 Å². The number of benzene rings is 1. The first-order chi connectivity index (χ1) is 10.7. The second-order valence-corrected chi connectivity index (χ2v) is 5.33. The van der Waals surface area contributed by atoms with Crippen molar-refractivity contribution in [2.75, 3.05) is 6.54 Å². The summed E-state index contributed by atoms with van der Waals surface area (Å²) in [7, 11) is 0. The summed E-state index contributed by atoms with van der Waals surface area (Å²) in [6, 6.07) is 9.58. The summed E-state index contributed by atoms with van der Waals surface area (Å²) in [5, 5.41) is 12.0. The van der Waals surface area contributed by atoms with Crippen LogP contribution in [0.2, 0.25) is 0 Å². The van der Waals surface area contributed by atoms with Crippen molar-refractivity contribution in [2.24, 2.45) is 0 Å². The third kappa shape index (κ3) is 3.17. The van der Waals surface area contributed by atoms with Crippen LogP contribution in [0.5, 0.6) is 0 Å². The molecular weight excluding hydrogens is 302 g/mol. The highest BCUT2D eigenvalue weighted by Gasteiger charge is 2.17. The van der Waals surface area contributed by atoms with Crippen LogP contribution in [0.4, 0.5) is 0 Å². The summed E-state index contributed by atoms with van der Waals surface area (Å²) >= 11 is 1.14. The standard InChI is InChI=1S/C14H13N5O2S/c1-9(7-15-13(20)11-8-22-19-17-11)14-16-12(18-21-14)10-5-3-2-4-6-10/h2-6,8-9H,7H2,1H3,(H,15,20). The lowest BCUT2D eigenvalue weighted by atomic mass is 10.1.